The number of carbonyl (C=O) groups excluding carboxylic acids is 2. The molecule has 0 saturated carbocycles. The number of nitriles is 1. The first-order chi connectivity index (χ1) is 15.5. The lowest BCUT2D eigenvalue weighted by Crippen LogP contribution is -2.34. The lowest BCUT2D eigenvalue weighted by Gasteiger charge is -2.22. The zero-order chi connectivity index (χ0) is 22.9. The summed E-state index contributed by atoms with van der Waals surface area (Å²) in [5.41, 5.74) is 1.55. The van der Waals surface area contributed by atoms with Gasteiger partial charge in [0.2, 0.25) is 5.91 Å². The van der Waals surface area contributed by atoms with Gasteiger partial charge in [-0.1, -0.05) is 18.2 Å². The van der Waals surface area contributed by atoms with Crippen LogP contribution in [0.1, 0.15) is 27.7 Å². The second-order valence-electron chi connectivity index (χ2n) is 7.23. The van der Waals surface area contributed by atoms with E-state index >= 15 is 0 Å². The van der Waals surface area contributed by atoms with Crippen molar-refractivity contribution < 1.29 is 14.0 Å². The second kappa shape index (κ2) is 11.2. The Morgan fingerprint density at radius 1 is 1.12 bits per heavy atom. The number of likely N-dealkylation sites (N-methyl/N-ethyl adjacent to an activating group) is 1. The Bertz CT molecular complexity index is 1110. The highest BCUT2D eigenvalue weighted by Crippen LogP contribution is 2.24. The average Bonchev–Trinajstić information content (AvgIpc) is 3.32. The standard InChI is InChI=1S/C24H24N4O3S/c1-28(2)20(21-10-6-12-31-21)15-26-24(30)19-9-3-4-11-22(19)32-16-23(29)27-18-8-5-7-17(13-18)14-25/h3-13,20H,15-16H2,1-2H3,(H,26,30)(H,27,29). The topological polar surface area (TPSA) is 98.4 Å². The molecular weight excluding hydrogens is 424 g/mol. The van der Waals surface area contributed by atoms with Crippen molar-refractivity contribution in [2.45, 2.75) is 10.9 Å². The predicted molar refractivity (Wildman–Crippen MR) is 124 cm³/mol. The van der Waals surface area contributed by atoms with Crippen LogP contribution in [0.15, 0.2) is 76.2 Å². The molecule has 7 nitrogen and oxygen atoms in total. The Kier molecular flexibility index (Phi) is 8.08. The summed E-state index contributed by atoms with van der Waals surface area (Å²) in [6.07, 6.45) is 1.61. The van der Waals surface area contributed by atoms with Crippen LogP contribution < -0.4 is 10.6 Å². The average molecular weight is 449 g/mol. The van der Waals surface area contributed by atoms with Crippen molar-refractivity contribution in [3.05, 3.63) is 83.8 Å². The fraction of sp³-hybridized carbons (Fsp3) is 0.208. The van der Waals surface area contributed by atoms with E-state index in [1.165, 1.54) is 11.8 Å². The second-order valence-corrected chi connectivity index (χ2v) is 8.25. The van der Waals surface area contributed by atoms with E-state index in [1.807, 2.05) is 49.3 Å². The van der Waals surface area contributed by atoms with E-state index in [0.29, 0.717) is 28.3 Å². The highest BCUT2D eigenvalue weighted by atomic mass is 32.2. The summed E-state index contributed by atoms with van der Waals surface area (Å²) >= 11 is 1.28. The van der Waals surface area contributed by atoms with Gasteiger partial charge >= 0.3 is 0 Å². The smallest absolute Gasteiger partial charge is 0.252 e. The van der Waals surface area contributed by atoms with E-state index in [1.54, 1.807) is 42.7 Å². The third kappa shape index (κ3) is 6.23. The van der Waals surface area contributed by atoms with Crippen molar-refractivity contribution in [2.24, 2.45) is 0 Å². The van der Waals surface area contributed by atoms with Gasteiger partial charge in [0.15, 0.2) is 0 Å². The van der Waals surface area contributed by atoms with Crippen LogP contribution in [0.5, 0.6) is 0 Å². The quantitative estimate of drug-likeness (QED) is 0.482. The summed E-state index contributed by atoms with van der Waals surface area (Å²) in [6.45, 7) is 0.383. The fourth-order valence-electron chi connectivity index (χ4n) is 3.09. The number of carbonyl (C=O) groups is 2. The molecule has 0 aliphatic carbocycles. The molecule has 1 unspecified atom stereocenters. The van der Waals surface area contributed by atoms with Crippen molar-refractivity contribution in [2.75, 3.05) is 31.7 Å². The van der Waals surface area contributed by atoms with E-state index in [2.05, 4.69) is 10.6 Å². The van der Waals surface area contributed by atoms with E-state index in [0.717, 1.165) is 5.76 Å². The van der Waals surface area contributed by atoms with Crippen molar-refractivity contribution in [1.82, 2.24) is 10.2 Å². The zero-order valence-corrected chi connectivity index (χ0v) is 18.7. The number of hydrogen-bond donors (Lipinski definition) is 2. The van der Waals surface area contributed by atoms with Gasteiger partial charge in [-0.3, -0.25) is 14.5 Å². The van der Waals surface area contributed by atoms with Crippen LogP contribution >= 0.6 is 11.8 Å². The Morgan fingerprint density at radius 3 is 2.66 bits per heavy atom. The molecule has 2 N–H and O–H groups in total. The summed E-state index contributed by atoms with van der Waals surface area (Å²) in [4.78, 5) is 27.9. The van der Waals surface area contributed by atoms with Crippen molar-refractivity contribution in [3.63, 3.8) is 0 Å². The molecule has 3 aromatic rings. The van der Waals surface area contributed by atoms with Crippen LogP contribution in [0.4, 0.5) is 5.69 Å². The molecule has 0 spiro atoms. The minimum Gasteiger partial charge on any atom is -0.468 e. The van der Waals surface area contributed by atoms with Crippen molar-refractivity contribution in [3.8, 4) is 6.07 Å². The number of nitrogens with one attached hydrogen (secondary N) is 2. The molecule has 1 aromatic heterocycles. The van der Waals surface area contributed by atoms with Gasteiger partial charge in [0, 0.05) is 17.1 Å². The van der Waals surface area contributed by atoms with E-state index in [9.17, 15) is 9.59 Å². The van der Waals surface area contributed by atoms with Gasteiger partial charge in [-0.05, 0) is 56.6 Å². The molecule has 164 valence electrons. The number of benzene rings is 2. The Morgan fingerprint density at radius 2 is 1.94 bits per heavy atom. The van der Waals surface area contributed by atoms with Crippen LogP contribution in [0.25, 0.3) is 0 Å². The molecule has 8 heteroatoms. The molecule has 1 atom stereocenters. The highest BCUT2D eigenvalue weighted by molar-refractivity contribution is 8.00. The number of thioether (sulfide) groups is 1. The number of nitrogens with zero attached hydrogens (tertiary/aromatic N) is 2. The van der Waals surface area contributed by atoms with Crippen molar-refractivity contribution in [1.29, 1.82) is 5.26 Å². The van der Waals surface area contributed by atoms with Gasteiger partial charge in [-0.25, -0.2) is 0 Å². The highest BCUT2D eigenvalue weighted by Gasteiger charge is 2.19. The summed E-state index contributed by atoms with van der Waals surface area (Å²) in [6, 6.07) is 19.6. The molecule has 2 amide bonds. The molecule has 0 bridgehead atoms. The zero-order valence-electron chi connectivity index (χ0n) is 17.9. The number of amides is 2. The van der Waals surface area contributed by atoms with Gasteiger partial charge in [0.1, 0.15) is 5.76 Å². The molecule has 3 rings (SSSR count). The minimum atomic E-state index is -0.217. The van der Waals surface area contributed by atoms with Crippen LogP contribution in [0.3, 0.4) is 0 Å². The van der Waals surface area contributed by atoms with E-state index in [-0.39, 0.29) is 23.6 Å². The SMILES string of the molecule is CN(C)C(CNC(=O)c1ccccc1SCC(=O)Nc1cccc(C#N)c1)c1ccco1. The van der Waals surface area contributed by atoms with Gasteiger partial charge < -0.3 is 15.1 Å². The lowest BCUT2D eigenvalue weighted by atomic mass is 10.1. The first-order valence-corrected chi connectivity index (χ1v) is 11.0. The molecular formula is C24H24N4O3S. The van der Waals surface area contributed by atoms with Gasteiger partial charge in [-0.2, -0.15) is 5.26 Å². The Hall–Kier alpha value is -3.54. The summed E-state index contributed by atoms with van der Waals surface area (Å²) < 4.78 is 5.49. The normalized spacial score (nSPS) is 11.6. The number of furan rings is 1. The number of hydrogen-bond acceptors (Lipinski definition) is 6. The predicted octanol–water partition coefficient (Wildman–Crippen LogP) is 3.91. The van der Waals surface area contributed by atoms with Crippen LogP contribution in [-0.2, 0) is 4.79 Å². The number of rotatable bonds is 9. The molecule has 0 aliphatic heterocycles. The summed E-state index contributed by atoms with van der Waals surface area (Å²) in [5.74, 6) is 0.475. The third-order valence-corrected chi connectivity index (χ3v) is 5.79. The molecule has 2 aromatic carbocycles. The first kappa shape index (κ1) is 23.1. The Labute approximate surface area is 191 Å². The third-order valence-electron chi connectivity index (χ3n) is 4.72. The lowest BCUT2D eigenvalue weighted by molar-refractivity contribution is -0.113. The fourth-order valence-corrected chi connectivity index (χ4v) is 3.94. The van der Waals surface area contributed by atoms with Crippen LogP contribution in [0.2, 0.25) is 0 Å². The number of anilines is 1. The van der Waals surface area contributed by atoms with Gasteiger partial charge in [-0.15, -0.1) is 11.8 Å². The first-order valence-electron chi connectivity index (χ1n) is 9.98. The van der Waals surface area contributed by atoms with E-state index in [4.69, 9.17) is 9.68 Å². The molecule has 1 heterocycles. The molecule has 32 heavy (non-hydrogen) atoms. The maximum Gasteiger partial charge on any atom is 0.252 e. The maximum absolute atomic E-state index is 12.9. The monoisotopic (exact) mass is 448 g/mol. The van der Waals surface area contributed by atoms with Crippen molar-refractivity contribution >= 4 is 29.3 Å². The van der Waals surface area contributed by atoms with E-state index < -0.39 is 0 Å². The van der Waals surface area contributed by atoms with Crippen LogP contribution in [0, 0.1) is 11.3 Å². The van der Waals surface area contributed by atoms with Gasteiger partial charge in [0.05, 0.1) is 35.3 Å². The Balaban J connectivity index is 1.60. The van der Waals surface area contributed by atoms with Crippen LogP contribution in [-0.4, -0.2) is 43.1 Å². The summed E-state index contributed by atoms with van der Waals surface area (Å²) in [7, 11) is 3.85. The summed E-state index contributed by atoms with van der Waals surface area (Å²) in [5, 5.41) is 14.7. The minimum absolute atomic E-state index is 0.0938. The molecule has 0 aliphatic rings. The molecule has 0 saturated heterocycles. The van der Waals surface area contributed by atoms with Gasteiger partial charge in [0.25, 0.3) is 5.91 Å². The molecule has 0 fully saturated rings. The largest absolute Gasteiger partial charge is 0.468 e. The maximum atomic E-state index is 12.9. The molecule has 0 radical (unpaired) electrons.